The van der Waals surface area contributed by atoms with E-state index in [9.17, 15) is 0 Å². The van der Waals surface area contributed by atoms with E-state index in [1.807, 2.05) is 18.7 Å². The number of imidazole rings is 1. The predicted molar refractivity (Wildman–Crippen MR) is 98.7 cm³/mol. The van der Waals surface area contributed by atoms with Gasteiger partial charge in [-0.15, -0.1) is 0 Å². The number of aryl methyl sites for hydroxylation is 1. The van der Waals surface area contributed by atoms with Crippen LogP contribution in [0.15, 0.2) is 30.9 Å². The van der Waals surface area contributed by atoms with Gasteiger partial charge in [0.05, 0.1) is 18.6 Å². The fraction of sp³-hybridized carbons (Fsp3) is 0.600. The molecule has 6 nitrogen and oxygen atoms in total. The summed E-state index contributed by atoms with van der Waals surface area (Å²) in [5.74, 6) is 1.01. The van der Waals surface area contributed by atoms with Gasteiger partial charge < -0.3 is 14.0 Å². The minimum Gasteiger partial charge on any atom is -0.381 e. The summed E-state index contributed by atoms with van der Waals surface area (Å²) in [6.45, 7) is 6.19. The van der Waals surface area contributed by atoms with Gasteiger partial charge in [0.15, 0.2) is 0 Å². The van der Waals surface area contributed by atoms with Crippen LogP contribution in [0.5, 0.6) is 0 Å². The van der Waals surface area contributed by atoms with Gasteiger partial charge in [-0.2, -0.15) is 0 Å². The first-order valence-electron chi connectivity index (χ1n) is 9.56. The number of hydrogen-bond donors (Lipinski definition) is 0. The lowest BCUT2D eigenvalue weighted by Crippen LogP contribution is -2.36. The smallest absolute Gasteiger partial charge is 0.0949 e. The zero-order chi connectivity index (χ0) is 17.8. The first kappa shape index (κ1) is 17.6. The van der Waals surface area contributed by atoms with Crippen LogP contribution < -0.4 is 0 Å². The van der Waals surface area contributed by atoms with Gasteiger partial charge >= 0.3 is 0 Å². The Hall–Kier alpha value is -1.76. The van der Waals surface area contributed by atoms with Crippen LogP contribution in [0.1, 0.15) is 35.7 Å². The maximum atomic E-state index is 6.16. The van der Waals surface area contributed by atoms with E-state index in [2.05, 4.69) is 38.6 Å². The van der Waals surface area contributed by atoms with Crippen molar-refractivity contribution in [3.05, 3.63) is 47.8 Å². The van der Waals surface area contributed by atoms with Crippen LogP contribution in [0.25, 0.3) is 0 Å². The van der Waals surface area contributed by atoms with Crippen molar-refractivity contribution >= 4 is 0 Å². The molecule has 1 unspecified atom stereocenters. The summed E-state index contributed by atoms with van der Waals surface area (Å²) in [5, 5.41) is 0. The van der Waals surface area contributed by atoms with E-state index in [-0.39, 0.29) is 0 Å². The fourth-order valence-electron chi connectivity index (χ4n) is 4.10. The molecule has 0 aromatic carbocycles. The number of hydrogen-bond acceptors (Lipinski definition) is 5. The molecule has 2 aliphatic rings. The average Bonchev–Trinajstić information content (AvgIpc) is 3.04. The minimum atomic E-state index is 0.368. The molecule has 0 spiro atoms. The highest BCUT2D eigenvalue weighted by atomic mass is 16.5. The second-order valence-corrected chi connectivity index (χ2v) is 7.50. The monoisotopic (exact) mass is 356 g/mol. The Bertz CT molecular complexity index is 697. The highest BCUT2D eigenvalue weighted by Gasteiger charge is 2.29. The molecule has 1 fully saturated rings. The quantitative estimate of drug-likeness (QED) is 0.795. The Morgan fingerprint density at radius 1 is 1.19 bits per heavy atom. The van der Waals surface area contributed by atoms with E-state index in [4.69, 9.17) is 9.47 Å². The molecule has 26 heavy (non-hydrogen) atoms. The van der Waals surface area contributed by atoms with Crippen LogP contribution in [0.2, 0.25) is 0 Å². The maximum absolute atomic E-state index is 6.16. The van der Waals surface area contributed by atoms with E-state index < -0.39 is 0 Å². The number of ether oxygens (including phenoxy) is 2. The lowest BCUT2D eigenvalue weighted by atomic mass is 9.98. The third kappa shape index (κ3) is 4.14. The number of pyridine rings is 1. The number of aromatic nitrogens is 3. The minimum absolute atomic E-state index is 0.368. The first-order chi connectivity index (χ1) is 12.8. The summed E-state index contributed by atoms with van der Waals surface area (Å²) >= 11 is 0. The fourth-order valence-corrected chi connectivity index (χ4v) is 4.10. The molecule has 2 aromatic rings. The van der Waals surface area contributed by atoms with Gasteiger partial charge in [0.1, 0.15) is 0 Å². The molecule has 0 radical (unpaired) electrons. The largest absolute Gasteiger partial charge is 0.381 e. The summed E-state index contributed by atoms with van der Waals surface area (Å²) in [5.41, 5.74) is 3.82. The van der Waals surface area contributed by atoms with Crippen LogP contribution in [-0.2, 0) is 29.6 Å². The highest BCUT2D eigenvalue weighted by Crippen LogP contribution is 2.29. The lowest BCUT2D eigenvalue weighted by molar-refractivity contribution is 0.0127. The first-order valence-corrected chi connectivity index (χ1v) is 9.56. The van der Waals surface area contributed by atoms with Gasteiger partial charge in [0, 0.05) is 70.5 Å². The predicted octanol–water partition coefficient (Wildman–Crippen LogP) is 2.36. The molecule has 140 valence electrons. The van der Waals surface area contributed by atoms with Gasteiger partial charge in [-0.3, -0.25) is 9.88 Å². The molecule has 2 aliphatic heterocycles. The van der Waals surface area contributed by atoms with E-state index in [1.165, 1.54) is 17.0 Å². The van der Waals surface area contributed by atoms with E-state index in [0.717, 1.165) is 58.9 Å². The van der Waals surface area contributed by atoms with Gasteiger partial charge in [-0.1, -0.05) is 0 Å². The van der Waals surface area contributed by atoms with Crippen molar-refractivity contribution in [1.82, 2.24) is 19.4 Å². The van der Waals surface area contributed by atoms with Crippen LogP contribution in [0.3, 0.4) is 0 Å². The maximum Gasteiger partial charge on any atom is 0.0949 e. The van der Waals surface area contributed by atoms with Gasteiger partial charge in [0.2, 0.25) is 0 Å². The Kier molecular flexibility index (Phi) is 5.62. The van der Waals surface area contributed by atoms with Gasteiger partial charge in [-0.05, 0) is 36.5 Å². The summed E-state index contributed by atoms with van der Waals surface area (Å²) in [6.07, 6.45) is 7.90. The summed E-state index contributed by atoms with van der Waals surface area (Å²) < 4.78 is 13.8. The van der Waals surface area contributed by atoms with E-state index in [1.54, 1.807) is 0 Å². The Balaban J connectivity index is 1.39. The SMILES string of the molecule is Cn1cnc2c1C(COCC1CCOCC1)CN(Cc1ccncc1)C2. The molecule has 2 aromatic heterocycles. The van der Waals surface area contributed by atoms with Gasteiger partial charge in [0.25, 0.3) is 0 Å². The molecular weight excluding hydrogens is 328 g/mol. The van der Waals surface area contributed by atoms with Crippen molar-refractivity contribution in [2.75, 3.05) is 33.0 Å². The molecule has 6 heteroatoms. The third-order valence-electron chi connectivity index (χ3n) is 5.47. The van der Waals surface area contributed by atoms with Crippen LogP contribution >= 0.6 is 0 Å². The zero-order valence-electron chi connectivity index (χ0n) is 15.5. The van der Waals surface area contributed by atoms with Crippen LogP contribution in [0, 0.1) is 5.92 Å². The van der Waals surface area contributed by atoms with E-state index in [0.29, 0.717) is 11.8 Å². The van der Waals surface area contributed by atoms with Crippen molar-refractivity contribution in [2.24, 2.45) is 13.0 Å². The molecule has 0 bridgehead atoms. The van der Waals surface area contributed by atoms with Crippen LogP contribution in [-0.4, -0.2) is 52.4 Å². The molecule has 1 saturated heterocycles. The number of fused-ring (bicyclic) bond motifs is 1. The Morgan fingerprint density at radius 3 is 2.81 bits per heavy atom. The molecule has 4 heterocycles. The topological polar surface area (TPSA) is 52.4 Å². The highest BCUT2D eigenvalue weighted by molar-refractivity contribution is 5.22. The molecular formula is C20H28N4O2. The number of rotatable bonds is 6. The zero-order valence-corrected chi connectivity index (χ0v) is 15.5. The summed E-state index contributed by atoms with van der Waals surface area (Å²) in [7, 11) is 2.09. The van der Waals surface area contributed by atoms with Crippen molar-refractivity contribution in [2.45, 2.75) is 31.8 Å². The molecule has 1 atom stereocenters. The Labute approximate surface area is 155 Å². The van der Waals surface area contributed by atoms with Crippen molar-refractivity contribution in [1.29, 1.82) is 0 Å². The van der Waals surface area contributed by atoms with Crippen molar-refractivity contribution < 1.29 is 9.47 Å². The van der Waals surface area contributed by atoms with Crippen LogP contribution in [0.4, 0.5) is 0 Å². The third-order valence-corrected chi connectivity index (χ3v) is 5.47. The van der Waals surface area contributed by atoms with Crippen molar-refractivity contribution in [3.63, 3.8) is 0 Å². The average molecular weight is 356 g/mol. The molecule has 0 aliphatic carbocycles. The Morgan fingerprint density at radius 2 is 2.00 bits per heavy atom. The second kappa shape index (κ2) is 8.29. The summed E-state index contributed by atoms with van der Waals surface area (Å²) in [4.78, 5) is 11.2. The molecule has 0 saturated carbocycles. The second-order valence-electron chi connectivity index (χ2n) is 7.50. The van der Waals surface area contributed by atoms with E-state index >= 15 is 0 Å². The standard InChI is InChI=1S/C20H28N4O2/c1-23-15-22-19-12-24(10-16-2-6-21-7-3-16)11-18(20(19)23)14-26-13-17-4-8-25-9-5-17/h2-3,6-7,15,17-18H,4-5,8-14H2,1H3. The normalized spacial score (nSPS) is 21.7. The number of nitrogens with zero attached hydrogens (tertiary/aromatic N) is 4. The molecule has 0 N–H and O–H groups in total. The van der Waals surface area contributed by atoms with Gasteiger partial charge in [-0.25, -0.2) is 4.98 Å². The molecule has 0 amide bonds. The molecule has 4 rings (SSSR count). The lowest BCUT2D eigenvalue weighted by Gasteiger charge is -2.33. The van der Waals surface area contributed by atoms with Crippen molar-refractivity contribution in [3.8, 4) is 0 Å². The summed E-state index contributed by atoms with van der Waals surface area (Å²) in [6, 6.07) is 4.18.